The summed E-state index contributed by atoms with van der Waals surface area (Å²) < 4.78 is 0.701. The molecule has 1 aromatic rings. The van der Waals surface area contributed by atoms with Crippen LogP contribution in [0.1, 0.15) is 5.56 Å². The topological polar surface area (TPSA) is 57.6 Å². The summed E-state index contributed by atoms with van der Waals surface area (Å²) in [6, 6.07) is 5.00. The summed E-state index contributed by atoms with van der Waals surface area (Å²) in [5, 5.41) is 9.11. The molecule has 0 aromatic heterocycles. The Labute approximate surface area is 116 Å². The Morgan fingerprint density at radius 1 is 1.41 bits per heavy atom. The van der Waals surface area contributed by atoms with Crippen LogP contribution >= 0.6 is 34.4 Å². The van der Waals surface area contributed by atoms with Crippen molar-refractivity contribution in [2.75, 3.05) is 7.05 Å². The lowest BCUT2D eigenvalue weighted by molar-refractivity contribution is -0.121. The number of rotatable bonds is 1. The minimum atomic E-state index is -0.289. The fraction of sp³-hybridized carbons (Fsp3) is 0.0909. The Morgan fingerprint density at radius 3 is 2.65 bits per heavy atom. The first-order valence-corrected chi connectivity index (χ1v) is 6.58. The van der Waals surface area contributed by atoms with Crippen molar-refractivity contribution in [3.05, 3.63) is 32.2 Å². The van der Waals surface area contributed by atoms with Crippen LogP contribution in [0, 0.1) is 3.57 Å². The van der Waals surface area contributed by atoms with Crippen LogP contribution in [-0.2, 0) is 4.79 Å². The SMILES string of the molecule is CN1C(=O)SC(=Cc2ccc(O)c(I)c2)C1=O. The lowest BCUT2D eigenvalue weighted by Gasteiger charge is -2.01. The summed E-state index contributed by atoms with van der Waals surface area (Å²) in [5.41, 5.74) is 0.783. The number of phenolic OH excluding ortho intramolecular Hbond substituents is 1. The smallest absolute Gasteiger partial charge is 0.293 e. The second-order valence-corrected chi connectivity index (χ2v) is 5.61. The number of benzene rings is 1. The maximum atomic E-state index is 11.6. The number of amides is 2. The van der Waals surface area contributed by atoms with Crippen molar-refractivity contribution in [1.82, 2.24) is 4.90 Å². The summed E-state index contributed by atoms with van der Waals surface area (Å²) >= 11 is 2.92. The molecular formula is C11H8INO3S. The van der Waals surface area contributed by atoms with Crippen molar-refractivity contribution < 1.29 is 14.7 Å². The lowest BCUT2D eigenvalue weighted by atomic mass is 10.2. The predicted octanol–water partition coefficient (Wildman–Crippen LogP) is 2.66. The van der Waals surface area contributed by atoms with Gasteiger partial charge in [0.15, 0.2) is 0 Å². The van der Waals surface area contributed by atoms with Crippen LogP contribution in [0.2, 0.25) is 0 Å². The van der Waals surface area contributed by atoms with E-state index in [1.54, 1.807) is 24.3 Å². The van der Waals surface area contributed by atoms with E-state index < -0.39 is 0 Å². The fourth-order valence-corrected chi connectivity index (χ4v) is 2.68. The molecule has 1 heterocycles. The zero-order chi connectivity index (χ0) is 12.6. The molecule has 1 aliphatic heterocycles. The van der Waals surface area contributed by atoms with E-state index in [9.17, 15) is 14.7 Å². The van der Waals surface area contributed by atoms with E-state index in [0.717, 1.165) is 22.2 Å². The van der Waals surface area contributed by atoms with E-state index in [0.29, 0.717) is 8.48 Å². The zero-order valence-corrected chi connectivity index (χ0v) is 11.8. The number of likely N-dealkylation sites (N-methyl/N-ethyl adjacent to an activating group) is 1. The minimum Gasteiger partial charge on any atom is -0.507 e. The van der Waals surface area contributed by atoms with E-state index in [2.05, 4.69) is 0 Å². The van der Waals surface area contributed by atoms with Gasteiger partial charge in [0.05, 0.1) is 8.48 Å². The molecule has 0 aliphatic carbocycles. The molecule has 1 saturated heterocycles. The van der Waals surface area contributed by atoms with Gasteiger partial charge in [-0.05, 0) is 58.1 Å². The number of carbonyl (C=O) groups is 2. The molecule has 0 spiro atoms. The average molecular weight is 361 g/mol. The molecule has 0 atom stereocenters. The Balaban J connectivity index is 2.34. The number of nitrogens with zero attached hydrogens (tertiary/aromatic N) is 1. The molecule has 4 nitrogen and oxygen atoms in total. The van der Waals surface area contributed by atoms with Gasteiger partial charge in [0.2, 0.25) is 0 Å². The van der Waals surface area contributed by atoms with Crippen molar-refractivity contribution in [1.29, 1.82) is 0 Å². The van der Waals surface area contributed by atoms with E-state index in [1.807, 2.05) is 22.6 Å². The van der Waals surface area contributed by atoms with E-state index >= 15 is 0 Å². The molecule has 1 aromatic carbocycles. The van der Waals surface area contributed by atoms with Gasteiger partial charge in [-0.25, -0.2) is 0 Å². The van der Waals surface area contributed by atoms with Crippen LogP contribution < -0.4 is 0 Å². The third kappa shape index (κ3) is 2.47. The molecule has 2 rings (SSSR count). The van der Waals surface area contributed by atoms with Crippen molar-refractivity contribution in [2.24, 2.45) is 0 Å². The number of halogens is 1. The largest absolute Gasteiger partial charge is 0.507 e. The fourth-order valence-electron chi connectivity index (χ4n) is 1.31. The average Bonchev–Trinajstić information content (AvgIpc) is 2.52. The van der Waals surface area contributed by atoms with E-state index in [4.69, 9.17) is 0 Å². The summed E-state index contributed by atoms with van der Waals surface area (Å²) in [6.07, 6.45) is 1.65. The molecule has 0 bridgehead atoms. The molecule has 2 amide bonds. The number of imide groups is 1. The molecule has 17 heavy (non-hydrogen) atoms. The second kappa shape index (κ2) is 4.69. The van der Waals surface area contributed by atoms with Gasteiger partial charge in [0, 0.05) is 7.05 Å². The first kappa shape index (κ1) is 12.4. The van der Waals surface area contributed by atoms with Gasteiger partial charge in [0.1, 0.15) is 5.75 Å². The van der Waals surface area contributed by atoms with Crippen LogP contribution in [-0.4, -0.2) is 28.2 Å². The molecular weight excluding hydrogens is 353 g/mol. The van der Waals surface area contributed by atoms with E-state index in [-0.39, 0.29) is 16.9 Å². The van der Waals surface area contributed by atoms with Gasteiger partial charge >= 0.3 is 0 Å². The predicted molar refractivity (Wildman–Crippen MR) is 74.6 cm³/mol. The van der Waals surface area contributed by atoms with Crippen molar-refractivity contribution >= 4 is 51.6 Å². The maximum Gasteiger partial charge on any atom is 0.293 e. The molecule has 88 valence electrons. The first-order valence-electron chi connectivity index (χ1n) is 4.69. The number of hydrogen-bond donors (Lipinski definition) is 1. The highest BCUT2D eigenvalue weighted by atomic mass is 127. The van der Waals surface area contributed by atoms with Crippen LogP contribution in [0.3, 0.4) is 0 Å². The number of aromatic hydroxyl groups is 1. The highest BCUT2D eigenvalue weighted by molar-refractivity contribution is 14.1. The highest BCUT2D eigenvalue weighted by Crippen LogP contribution is 2.31. The normalized spacial score (nSPS) is 18.2. The number of phenols is 1. The molecule has 0 saturated carbocycles. The standard InChI is InChI=1S/C11H8INO3S/c1-13-10(15)9(17-11(13)16)5-6-2-3-8(14)7(12)4-6/h2-5,14H,1H3. The zero-order valence-electron chi connectivity index (χ0n) is 8.81. The van der Waals surface area contributed by atoms with Crippen LogP contribution in [0.25, 0.3) is 6.08 Å². The molecule has 6 heteroatoms. The third-order valence-corrected chi connectivity index (χ3v) is 4.08. The molecule has 1 N–H and O–H groups in total. The van der Waals surface area contributed by atoms with E-state index in [1.165, 1.54) is 7.05 Å². The minimum absolute atomic E-state index is 0.200. The van der Waals surface area contributed by atoms with Gasteiger partial charge < -0.3 is 5.11 Å². The molecule has 0 unspecified atom stereocenters. The molecule has 1 fully saturated rings. The maximum absolute atomic E-state index is 11.6. The first-order chi connectivity index (χ1) is 7.99. The van der Waals surface area contributed by atoms with Crippen molar-refractivity contribution in [3.63, 3.8) is 0 Å². The number of thioether (sulfide) groups is 1. The summed E-state index contributed by atoms with van der Waals surface area (Å²) in [6.45, 7) is 0. The quantitative estimate of drug-likeness (QED) is 0.617. The van der Waals surface area contributed by atoms with Crippen molar-refractivity contribution in [3.8, 4) is 5.75 Å². The van der Waals surface area contributed by atoms with Gasteiger partial charge in [-0.1, -0.05) is 6.07 Å². The van der Waals surface area contributed by atoms with Crippen LogP contribution in [0.5, 0.6) is 5.75 Å². The Hall–Kier alpha value is -1.02. The highest BCUT2D eigenvalue weighted by Gasteiger charge is 2.31. The van der Waals surface area contributed by atoms with Gasteiger partial charge in [-0.2, -0.15) is 0 Å². The van der Waals surface area contributed by atoms with Gasteiger partial charge in [-0.15, -0.1) is 0 Å². The van der Waals surface area contributed by atoms with Gasteiger partial charge in [-0.3, -0.25) is 14.5 Å². The molecule has 0 radical (unpaired) electrons. The Morgan fingerprint density at radius 2 is 2.12 bits per heavy atom. The summed E-state index contributed by atoms with van der Waals surface area (Å²) in [5.74, 6) is -0.0885. The Kier molecular flexibility index (Phi) is 3.43. The number of hydrogen-bond acceptors (Lipinski definition) is 4. The third-order valence-electron chi connectivity index (χ3n) is 2.26. The van der Waals surface area contributed by atoms with Crippen molar-refractivity contribution in [2.45, 2.75) is 0 Å². The monoisotopic (exact) mass is 361 g/mol. The van der Waals surface area contributed by atoms with Gasteiger partial charge in [0.25, 0.3) is 11.1 Å². The van der Waals surface area contributed by atoms with Crippen LogP contribution in [0.15, 0.2) is 23.1 Å². The molecule has 1 aliphatic rings. The van der Waals surface area contributed by atoms with Crippen LogP contribution in [0.4, 0.5) is 4.79 Å². The Bertz CT molecular complexity index is 542. The summed E-state index contributed by atoms with van der Waals surface area (Å²) in [7, 11) is 1.46. The lowest BCUT2D eigenvalue weighted by Crippen LogP contribution is -2.22. The number of carbonyl (C=O) groups excluding carboxylic acids is 2. The summed E-state index contributed by atoms with van der Waals surface area (Å²) in [4.78, 5) is 24.4. The second-order valence-electron chi connectivity index (χ2n) is 3.45.